The van der Waals surface area contributed by atoms with Gasteiger partial charge in [0, 0.05) is 24.4 Å². The van der Waals surface area contributed by atoms with Crippen LogP contribution < -0.4 is 15.5 Å². The molecule has 4 rings (SSSR count). The summed E-state index contributed by atoms with van der Waals surface area (Å²) in [7, 11) is 0. The minimum absolute atomic E-state index is 0.0853. The van der Waals surface area contributed by atoms with Crippen molar-refractivity contribution in [1.82, 2.24) is 19.9 Å². The number of aromatic nitrogens is 4. The van der Waals surface area contributed by atoms with Crippen molar-refractivity contribution in [3.63, 3.8) is 0 Å². The Bertz CT molecular complexity index is 1000. The molecule has 2 aliphatic heterocycles. The molecule has 2 N–H and O–H groups in total. The molecule has 2 aromatic heterocycles. The van der Waals surface area contributed by atoms with E-state index in [4.69, 9.17) is 15.2 Å². The lowest BCUT2D eigenvalue weighted by molar-refractivity contribution is -0.140. The molecule has 0 spiro atoms. The molecule has 31 heavy (non-hydrogen) atoms. The predicted molar refractivity (Wildman–Crippen MR) is 103 cm³/mol. The van der Waals surface area contributed by atoms with Crippen LogP contribution in [0.2, 0.25) is 0 Å². The van der Waals surface area contributed by atoms with E-state index in [0.29, 0.717) is 19.8 Å². The van der Waals surface area contributed by atoms with Crippen LogP contribution in [0.15, 0.2) is 12.3 Å². The van der Waals surface area contributed by atoms with Crippen LogP contribution in [-0.2, 0) is 15.7 Å². The first-order valence-corrected chi connectivity index (χ1v) is 9.54. The Labute approximate surface area is 175 Å². The minimum Gasteiger partial charge on any atom is -0.447 e. The van der Waals surface area contributed by atoms with Gasteiger partial charge in [-0.05, 0) is 13.8 Å². The van der Waals surface area contributed by atoms with Crippen LogP contribution in [0.25, 0.3) is 11.3 Å². The molecule has 166 valence electrons. The first-order chi connectivity index (χ1) is 14.6. The molecule has 2 saturated heterocycles. The second-order valence-electron chi connectivity index (χ2n) is 7.31. The number of alkyl halides is 3. The molecule has 2 aliphatic rings. The summed E-state index contributed by atoms with van der Waals surface area (Å²) >= 11 is 0. The molecule has 2 atom stereocenters. The number of hydrogen-bond acceptors (Lipinski definition) is 9. The third-order valence-electron chi connectivity index (χ3n) is 5.01. The second kappa shape index (κ2) is 7.80. The molecule has 2 aromatic rings. The fourth-order valence-corrected chi connectivity index (χ4v) is 3.47. The quantitative estimate of drug-likeness (QED) is 0.767. The van der Waals surface area contributed by atoms with Gasteiger partial charge in [0.2, 0.25) is 11.9 Å². The number of nitrogen functional groups attached to an aromatic ring is 1. The van der Waals surface area contributed by atoms with Crippen molar-refractivity contribution in [2.75, 3.05) is 41.9 Å². The standard InChI is InChI=1S/C18H20F3N7O3/c1-9-7-30-4-3-27(9)16-24-12(5-13(25-16)28-10(2)8-31-17(28)29)11-6-23-15(22)26-14(11)18(19,20)21/h5-6,9-10H,3-4,7-8H2,1-2H3,(H2,22,23,26)/t9-,10-/m0/s1. The van der Waals surface area contributed by atoms with Gasteiger partial charge in [0.1, 0.15) is 12.4 Å². The Morgan fingerprint density at radius 1 is 1.16 bits per heavy atom. The lowest BCUT2D eigenvalue weighted by atomic mass is 10.1. The van der Waals surface area contributed by atoms with Crippen molar-refractivity contribution in [2.45, 2.75) is 32.1 Å². The van der Waals surface area contributed by atoms with Crippen LogP contribution in [0.4, 0.5) is 35.7 Å². The fraction of sp³-hybridized carbons (Fsp3) is 0.500. The van der Waals surface area contributed by atoms with Crippen molar-refractivity contribution >= 4 is 23.8 Å². The monoisotopic (exact) mass is 439 g/mol. The number of cyclic esters (lactones) is 1. The van der Waals surface area contributed by atoms with Crippen LogP contribution in [0.5, 0.6) is 0 Å². The highest BCUT2D eigenvalue weighted by atomic mass is 19.4. The van der Waals surface area contributed by atoms with Gasteiger partial charge in [-0.2, -0.15) is 18.2 Å². The smallest absolute Gasteiger partial charge is 0.434 e. The number of anilines is 3. The topological polar surface area (TPSA) is 120 Å². The van der Waals surface area contributed by atoms with E-state index in [1.54, 1.807) is 6.92 Å². The number of amides is 1. The van der Waals surface area contributed by atoms with Crippen LogP contribution in [0.3, 0.4) is 0 Å². The molecule has 0 saturated carbocycles. The molecule has 0 aliphatic carbocycles. The Hall–Kier alpha value is -3.22. The normalized spacial score (nSPS) is 22.0. The maximum atomic E-state index is 13.7. The highest BCUT2D eigenvalue weighted by Gasteiger charge is 2.38. The van der Waals surface area contributed by atoms with Crippen LogP contribution >= 0.6 is 0 Å². The molecule has 13 heteroatoms. The highest BCUT2D eigenvalue weighted by molar-refractivity contribution is 5.90. The lowest BCUT2D eigenvalue weighted by Crippen LogP contribution is -2.45. The van der Waals surface area contributed by atoms with Crippen molar-refractivity contribution in [3.8, 4) is 11.3 Å². The molecule has 0 radical (unpaired) electrons. The molecular weight excluding hydrogens is 419 g/mol. The SMILES string of the molecule is C[C@H]1COCCN1c1nc(-c2cnc(N)nc2C(F)(F)F)cc(N2C(=O)OC[C@@H]2C)n1. The molecule has 1 amide bonds. The van der Waals surface area contributed by atoms with Gasteiger partial charge >= 0.3 is 12.3 Å². The van der Waals surface area contributed by atoms with E-state index in [1.165, 1.54) is 11.0 Å². The zero-order chi connectivity index (χ0) is 22.3. The average molecular weight is 439 g/mol. The fourth-order valence-electron chi connectivity index (χ4n) is 3.47. The Morgan fingerprint density at radius 3 is 2.58 bits per heavy atom. The second-order valence-corrected chi connectivity index (χ2v) is 7.31. The number of hydrogen-bond donors (Lipinski definition) is 1. The van der Waals surface area contributed by atoms with Gasteiger partial charge in [-0.15, -0.1) is 0 Å². The summed E-state index contributed by atoms with van der Waals surface area (Å²) in [6.07, 6.45) is -4.46. The van der Waals surface area contributed by atoms with Crippen molar-refractivity contribution in [3.05, 3.63) is 18.0 Å². The Morgan fingerprint density at radius 2 is 1.94 bits per heavy atom. The third kappa shape index (κ3) is 4.04. The molecule has 4 heterocycles. The van der Waals surface area contributed by atoms with E-state index >= 15 is 0 Å². The third-order valence-corrected chi connectivity index (χ3v) is 5.01. The lowest BCUT2D eigenvalue weighted by Gasteiger charge is -2.34. The van der Waals surface area contributed by atoms with Gasteiger partial charge in [-0.25, -0.2) is 19.7 Å². The number of ether oxygens (including phenoxy) is 2. The number of rotatable bonds is 3. The van der Waals surface area contributed by atoms with E-state index in [2.05, 4.69) is 19.9 Å². The molecule has 0 bridgehead atoms. The Balaban J connectivity index is 1.90. The first-order valence-electron chi connectivity index (χ1n) is 9.54. The summed E-state index contributed by atoms with van der Waals surface area (Å²) in [5, 5.41) is 0. The van der Waals surface area contributed by atoms with E-state index in [0.717, 1.165) is 6.20 Å². The van der Waals surface area contributed by atoms with E-state index < -0.39 is 23.9 Å². The van der Waals surface area contributed by atoms with E-state index in [1.807, 2.05) is 11.8 Å². The van der Waals surface area contributed by atoms with Gasteiger partial charge in [-0.1, -0.05) is 0 Å². The summed E-state index contributed by atoms with van der Waals surface area (Å²) in [5.41, 5.74) is 3.71. The zero-order valence-electron chi connectivity index (χ0n) is 16.8. The number of halogens is 3. The van der Waals surface area contributed by atoms with Crippen molar-refractivity contribution in [2.24, 2.45) is 0 Å². The molecular formula is C18H20F3N7O3. The zero-order valence-corrected chi connectivity index (χ0v) is 16.8. The predicted octanol–water partition coefficient (Wildman–Crippen LogP) is 2.10. The number of carbonyl (C=O) groups is 1. The first kappa shape index (κ1) is 21.0. The average Bonchev–Trinajstić information content (AvgIpc) is 3.05. The largest absolute Gasteiger partial charge is 0.447 e. The summed E-state index contributed by atoms with van der Waals surface area (Å²) in [6, 6.07) is 0.821. The maximum absolute atomic E-state index is 13.7. The van der Waals surface area contributed by atoms with Crippen LogP contribution in [-0.4, -0.2) is 64.5 Å². The Kier molecular flexibility index (Phi) is 5.29. The maximum Gasteiger partial charge on any atom is 0.434 e. The van der Waals surface area contributed by atoms with Crippen LogP contribution in [0, 0.1) is 0 Å². The summed E-state index contributed by atoms with van der Waals surface area (Å²) in [4.78, 5) is 31.3. The molecule has 0 unspecified atom stereocenters. The number of carbonyl (C=O) groups excluding carboxylic acids is 1. The van der Waals surface area contributed by atoms with Crippen molar-refractivity contribution < 1.29 is 27.4 Å². The highest BCUT2D eigenvalue weighted by Crippen LogP contribution is 2.37. The van der Waals surface area contributed by atoms with Crippen molar-refractivity contribution in [1.29, 1.82) is 0 Å². The van der Waals surface area contributed by atoms with Crippen LogP contribution in [0.1, 0.15) is 19.5 Å². The number of morpholine rings is 1. The molecule has 2 fully saturated rings. The van der Waals surface area contributed by atoms with Gasteiger partial charge < -0.3 is 20.1 Å². The summed E-state index contributed by atoms with van der Waals surface area (Å²) < 4.78 is 51.4. The van der Waals surface area contributed by atoms with Gasteiger partial charge in [-0.3, -0.25) is 4.90 Å². The van der Waals surface area contributed by atoms with Gasteiger partial charge in [0.15, 0.2) is 5.69 Å². The van der Waals surface area contributed by atoms with Gasteiger partial charge in [0.25, 0.3) is 0 Å². The number of nitrogens with two attached hydrogens (primary N) is 1. The van der Waals surface area contributed by atoms with E-state index in [9.17, 15) is 18.0 Å². The minimum atomic E-state index is -4.79. The summed E-state index contributed by atoms with van der Waals surface area (Å²) in [5.74, 6) is -0.220. The molecule has 0 aromatic carbocycles. The summed E-state index contributed by atoms with van der Waals surface area (Å²) in [6.45, 7) is 5.03. The van der Waals surface area contributed by atoms with E-state index in [-0.39, 0.29) is 41.7 Å². The molecule has 10 nitrogen and oxygen atoms in total. The number of nitrogens with zero attached hydrogens (tertiary/aromatic N) is 6. The van der Waals surface area contributed by atoms with Gasteiger partial charge in [0.05, 0.1) is 31.0 Å².